The molecule has 1 aromatic rings. The average Bonchev–Trinajstić information content (AvgIpc) is 2.77. The Hall–Kier alpha value is -0.970. The number of aryl methyl sites for hydroxylation is 1. The van der Waals surface area contributed by atoms with Gasteiger partial charge in [-0.15, -0.1) is 17.9 Å². The van der Waals surface area contributed by atoms with Gasteiger partial charge in [0.15, 0.2) is 5.78 Å². The average molecular weight is 251 g/mol. The first-order valence-corrected chi connectivity index (χ1v) is 6.64. The van der Waals surface area contributed by atoms with Gasteiger partial charge in [-0.25, -0.2) is 0 Å². The molecular formula is C13H17NO2S. The Labute approximate surface area is 106 Å². The van der Waals surface area contributed by atoms with Crippen molar-refractivity contribution in [2.45, 2.75) is 13.0 Å². The Balaban J connectivity index is 2.15. The molecule has 0 saturated carbocycles. The molecule has 4 heteroatoms. The molecule has 1 unspecified atom stereocenters. The van der Waals surface area contributed by atoms with E-state index in [0.29, 0.717) is 13.2 Å². The smallest absolute Gasteiger partial charge is 0.194 e. The SMILES string of the molecule is C=CC(C(=O)c1sccc1C)N1CCOCC1. The normalized spacial score (nSPS) is 18.9. The predicted molar refractivity (Wildman–Crippen MR) is 69.8 cm³/mol. The van der Waals surface area contributed by atoms with Crippen LogP contribution in [0, 0.1) is 6.92 Å². The molecule has 2 rings (SSSR count). The summed E-state index contributed by atoms with van der Waals surface area (Å²) < 4.78 is 5.30. The van der Waals surface area contributed by atoms with Crippen LogP contribution in [-0.4, -0.2) is 43.0 Å². The van der Waals surface area contributed by atoms with Gasteiger partial charge in [-0.1, -0.05) is 6.08 Å². The van der Waals surface area contributed by atoms with Gasteiger partial charge < -0.3 is 4.74 Å². The van der Waals surface area contributed by atoms with Crippen LogP contribution in [0.25, 0.3) is 0 Å². The number of carbonyl (C=O) groups is 1. The Morgan fingerprint density at radius 1 is 1.59 bits per heavy atom. The number of ether oxygens (including phenoxy) is 1. The first kappa shape index (κ1) is 12.5. The first-order valence-electron chi connectivity index (χ1n) is 5.76. The highest BCUT2D eigenvalue weighted by Crippen LogP contribution is 2.20. The summed E-state index contributed by atoms with van der Waals surface area (Å²) in [6.45, 7) is 8.76. The van der Waals surface area contributed by atoms with Crippen molar-refractivity contribution in [1.82, 2.24) is 4.90 Å². The Morgan fingerprint density at radius 3 is 2.82 bits per heavy atom. The number of carbonyl (C=O) groups excluding carboxylic acids is 1. The molecule has 0 aliphatic carbocycles. The number of Topliss-reactive ketones (excluding diaryl/α,β-unsaturated/α-hetero) is 1. The minimum absolute atomic E-state index is 0.161. The van der Waals surface area contributed by atoms with E-state index in [1.165, 1.54) is 11.3 Å². The molecule has 1 atom stereocenters. The van der Waals surface area contributed by atoms with E-state index >= 15 is 0 Å². The minimum Gasteiger partial charge on any atom is -0.379 e. The number of nitrogens with zero attached hydrogens (tertiary/aromatic N) is 1. The van der Waals surface area contributed by atoms with E-state index in [0.717, 1.165) is 23.5 Å². The van der Waals surface area contributed by atoms with E-state index < -0.39 is 0 Å². The lowest BCUT2D eigenvalue weighted by molar-refractivity contribution is 0.0257. The lowest BCUT2D eigenvalue weighted by Gasteiger charge is -2.31. The van der Waals surface area contributed by atoms with E-state index in [9.17, 15) is 4.79 Å². The maximum atomic E-state index is 12.4. The van der Waals surface area contributed by atoms with Gasteiger partial charge in [-0.2, -0.15) is 0 Å². The zero-order chi connectivity index (χ0) is 12.3. The van der Waals surface area contributed by atoms with Gasteiger partial charge in [0.2, 0.25) is 0 Å². The van der Waals surface area contributed by atoms with Crippen molar-refractivity contribution in [2.24, 2.45) is 0 Å². The van der Waals surface area contributed by atoms with Crippen LogP contribution in [0.15, 0.2) is 24.1 Å². The Morgan fingerprint density at radius 2 is 2.29 bits per heavy atom. The van der Waals surface area contributed by atoms with Gasteiger partial charge in [0, 0.05) is 13.1 Å². The van der Waals surface area contributed by atoms with Crippen molar-refractivity contribution >= 4 is 17.1 Å². The van der Waals surface area contributed by atoms with E-state index in [2.05, 4.69) is 11.5 Å². The van der Waals surface area contributed by atoms with E-state index in [1.807, 2.05) is 18.4 Å². The molecule has 0 radical (unpaired) electrons. The third-order valence-electron chi connectivity index (χ3n) is 3.02. The summed E-state index contributed by atoms with van der Waals surface area (Å²) in [7, 11) is 0. The van der Waals surface area contributed by atoms with E-state index in [-0.39, 0.29) is 11.8 Å². The quantitative estimate of drug-likeness (QED) is 0.606. The van der Waals surface area contributed by atoms with Crippen molar-refractivity contribution in [3.05, 3.63) is 34.5 Å². The molecule has 1 saturated heterocycles. The zero-order valence-electron chi connectivity index (χ0n) is 10.0. The molecular weight excluding hydrogens is 234 g/mol. The van der Waals surface area contributed by atoms with Crippen molar-refractivity contribution in [2.75, 3.05) is 26.3 Å². The standard InChI is InChI=1S/C13H17NO2S/c1-3-11(14-5-7-16-8-6-14)12(15)13-10(2)4-9-17-13/h3-4,9,11H,1,5-8H2,2H3. The summed E-state index contributed by atoms with van der Waals surface area (Å²) in [4.78, 5) is 15.4. The van der Waals surface area contributed by atoms with Gasteiger partial charge in [-0.05, 0) is 23.9 Å². The van der Waals surface area contributed by atoms with Crippen LogP contribution in [0.3, 0.4) is 0 Å². The molecule has 1 aromatic heterocycles. The number of hydrogen-bond donors (Lipinski definition) is 0. The molecule has 0 N–H and O–H groups in total. The minimum atomic E-state index is -0.212. The molecule has 3 nitrogen and oxygen atoms in total. The highest BCUT2D eigenvalue weighted by Gasteiger charge is 2.27. The fraction of sp³-hybridized carbons (Fsp3) is 0.462. The van der Waals surface area contributed by atoms with Crippen molar-refractivity contribution in [3.8, 4) is 0 Å². The molecule has 0 aromatic carbocycles. The summed E-state index contributed by atoms with van der Waals surface area (Å²) in [5.41, 5.74) is 1.06. The molecule has 17 heavy (non-hydrogen) atoms. The van der Waals surface area contributed by atoms with Gasteiger partial charge in [0.05, 0.1) is 24.1 Å². The van der Waals surface area contributed by atoms with Crippen molar-refractivity contribution in [1.29, 1.82) is 0 Å². The third-order valence-corrected chi connectivity index (χ3v) is 4.05. The molecule has 1 aliphatic heterocycles. The maximum absolute atomic E-state index is 12.4. The number of ketones is 1. The predicted octanol–water partition coefficient (Wildman–Crippen LogP) is 2.13. The van der Waals surface area contributed by atoms with Gasteiger partial charge in [-0.3, -0.25) is 9.69 Å². The van der Waals surface area contributed by atoms with Gasteiger partial charge in [0.25, 0.3) is 0 Å². The van der Waals surface area contributed by atoms with Crippen LogP contribution in [0.2, 0.25) is 0 Å². The highest BCUT2D eigenvalue weighted by atomic mass is 32.1. The lowest BCUT2D eigenvalue weighted by Crippen LogP contribution is -2.46. The fourth-order valence-corrected chi connectivity index (χ4v) is 2.94. The number of thiophene rings is 1. The molecule has 1 aliphatic rings. The first-order chi connectivity index (χ1) is 8.24. The maximum Gasteiger partial charge on any atom is 0.194 e. The van der Waals surface area contributed by atoms with Crippen LogP contribution in [0.5, 0.6) is 0 Å². The summed E-state index contributed by atoms with van der Waals surface area (Å²) in [5, 5.41) is 1.96. The van der Waals surface area contributed by atoms with Crippen LogP contribution in [0.1, 0.15) is 15.2 Å². The van der Waals surface area contributed by atoms with E-state index in [1.54, 1.807) is 6.08 Å². The number of hydrogen-bond acceptors (Lipinski definition) is 4. The second kappa shape index (κ2) is 5.58. The molecule has 0 spiro atoms. The number of morpholine rings is 1. The van der Waals surface area contributed by atoms with Gasteiger partial charge >= 0.3 is 0 Å². The van der Waals surface area contributed by atoms with Crippen molar-refractivity contribution < 1.29 is 9.53 Å². The molecule has 1 fully saturated rings. The topological polar surface area (TPSA) is 29.5 Å². The second-order valence-electron chi connectivity index (χ2n) is 4.13. The van der Waals surface area contributed by atoms with Gasteiger partial charge in [0.1, 0.15) is 0 Å². The third kappa shape index (κ3) is 2.65. The molecule has 92 valence electrons. The molecule has 0 amide bonds. The highest BCUT2D eigenvalue weighted by molar-refractivity contribution is 7.12. The van der Waals surface area contributed by atoms with E-state index in [4.69, 9.17) is 4.74 Å². The zero-order valence-corrected chi connectivity index (χ0v) is 10.8. The number of rotatable bonds is 4. The fourth-order valence-electron chi connectivity index (χ4n) is 2.04. The summed E-state index contributed by atoms with van der Waals surface area (Å²) in [6.07, 6.45) is 1.74. The molecule has 0 bridgehead atoms. The monoisotopic (exact) mass is 251 g/mol. The lowest BCUT2D eigenvalue weighted by atomic mass is 10.1. The summed E-state index contributed by atoms with van der Waals surface area (Å²) in [6, 6.07) is 1.77. The Bertz CT molecular complexity index is 407. The van der Waals surface area contributed by atoms with Crippen LogP contribution in [-0.2, 0) is 4.74 Å². The van der Waals surface area contributed by atoms with Crippen LogP contribution < -0.4 is 0 Å². The Kier molecular flexibility index (Phi) is 4.10. The second-order valence-corrected chi connectivity index (χ2v) is 5.04. The largest absolute Gasteiger partial charge is 0.379 e. The van der Waals surface area contributed by atoms with Crippen LogP contribution >= 0.6 is 11.3 Å². The van der Waals surface area contributed by atoms with Crippen LogP contribution in [0.4, 0.5) is 0 Å². The summed E-state index contributed by atoms with van der Waals surface area (Å²) in [5.74, 6) is 0.161. The van der Waals surface area contributed by atoms with Crippen molar-refractivity contribution in [3.63, 3.8) is 0 Å². The molecule has 2 heterocycles. The summed E-state index contributed by atoms with van der Waals surface area (Å²) >= 11 is 1.51.